The monoisotopic (exact) mass is 606 g/mol. The molecular weight excluding hydrogens is 544 g/mol. The second-order valence-electron chi connectivity index (χ2n) is 17.2. The number of fused-ring (bicyclic) bond motifs is 5. The summed E-state index contributed by atoms with van der Waals surface area (Å²) in [7, 11) is 0. The number of aliphatic hydroxyl groups is 5. The predicted molar refractivity (Wildman–Crippen MR) is 167 cm³/mol. The SMILES string of the molecule is C[C@H](CC[C@@H](O)C(C)(C)O)C1CC[C@@]2(C)C3CC=C4C(CC[C@H](O[C@H]5C[C@@H](O)C[C@@H](CO)O5)C4(C)C)[C@]3(C)C(O)C[C@]12C. The summed E-state index contributed by atoms with van der Waals surface area (Å²) in [4.78, 5) is 0. The summed E-state index contributed by atoms with van der Waals surface area (Å²) in [6.45, 7) is 17.5. The van der Waals surface area contributed by atoms with Crippen molar-refractivity contribution < 1.29 is 35.0 Å². The van der Waals surface area contributed by atoms with Crippen molar-refractivity contribution in [3.63, 3.8) is 0 Å². The molecule has 7 heteroatoms. The Morgan fingerprint density at radius 2 is 1.72 bits per heavy atom. The first kappa shape index (κ1) is 33.8. The van der Waals surface area contributed by atoms with E-state index in [1.165, 1.54) is 5.57 Å². The quantitative estimate of drug-likeness (QED) is 0.236. The summed E-state index contributed by atoms with van der Waals surface area (Å²) in [5, 5.41) is 53.0. The molecule has 5 N–H and O–H groups in total. The lowest BCUT2D eigenvalue weighted by Gasteiger charge is -2.67. The highest BCUT2D eigenvalue weighted by atomic mass is 16.7. The largest absolute Gasteiger partial charge is 0.394 e. The standard InChI is InChI=1S/C36H62O7/c1-21(9-13-28(39)33(4,5)41)24-15-16-34(6)27-12-10-25-26(36(27,8)29(40)19-35(24,34)7)11-14-30(32(25,2)3)43-31-18-22(38)17-23(20-37)42-31/h10,21-24,26-31,37-41H,9,11-20H2,1-8H3/t21-,22+,23+,24?,26?,27?,28-,29?,30+,31+,34+,35-,36+/m1/s1. The van der Waals surface area contributed by atoms with Crippen LogP contribution in [-0.2, 0) is 9.47 Å². The maximum Gasteiger partial charge on any atom is 0.160 e. The summed E-state index contributed by atoms with van der Waals surface area (Å²) < 4.78 is 12.6. The first-order valence-electron chi connectivity index (χ1n) is 17.3. The van der Waals surface area contributed by atoms with Gasteiger partial charge in [-0.05, 0) is 99.7 Å². The van der Waals surface area contributed by atoms with Gasteiger partial charge in [-0.3, -0.25) is 0 Å². The molecule has 0 amide bonds. The zero-order valence-corrected chi connectivity index (χ0v) is 28.2. The first-order chi connectivity index (χ1) is 19.9. The Bertz CT molecular complexity index is 1040. The van der Waals surface area contributed by atoms with Crippen LogP contribution in [0, 0.1) is 45.3 Å². The van der Waals surface area contributed by atoms with Crippen LogP contribution in [0.5, 0.6) is 0 Å². The first-order valence-corrected chi connectivity index (χ1v) is 17.3. The van der Waals surface area contributed by atoms with Gasteiger partial charge < -0.3 is 35.0 Å². The fourth-order valence-corrected chi connectivity index (χ4v) is 11.2. The van der Waals surface area contributed by atoms with Crippen molar-refractivity contribution in [2.75, 3.05) is 6.61 Å². The maximum atomic E-state index is 12.2. The lowest BCUT2D eigenvalue weighted by atomic mass is 9.38. The number of rotatable bonds is 8. The van der Waals surface area contributed by atoms with E-state index < -0.39 is 36.3 Å². The lowest BCUT2D eigenvalue weighted by Crippen LogP contribution is -2.64. The van der Waals surface area contributed by atoms with Crippen molar-refractivity contribution in [2.24, 2.45) is 45.3 Å². The Labute approximate surface area is 260 Å². The van der Waals surface area contributed by atoms with Gasteiger partial charge in [-0.25, -0.2) is 0 Å². The minimum Gasteiger partial charge on any atom is -0.394 e. The Kier molecular flexibility index (Phi) is 9.13. The molecule has 1 heterocycles. The molecule has 0 bridgehead atoms. The predicted octanol–water partition coefficient (Wildman–Crippen LogP) is 5.35. The Morgan fingerprint density at radius 1 is 1.02 bits per heavy atom. The van der Waals surface area contributed by atoms with Crippen molar-refractivity contribution in [2.45, 2.75) is 162 Å². The van der Waals surface area contributed by atoms with E-state index in [2.05, 4.69) is 47.6 Å². The number of allylic oxidation sites excluding steroid dienone is 1. The average Bonchev–Trinajstić information content (AvgIpc) is 3.18. The van der Waals surface area contributed by atoms with Gasteiger partial charge in [0.2, 0.25) is 0 Å². The molecule has 4 aliphatic carbocycles. The van der Waals surface area contributed by atoms with E-state index >= 15 is 0 Å². The molecule has 248 valence electrons. The highest BCUT2D eigenvalue weighted by Crippen LogP contribution is 2.75. The van der Waals surface area contributed by atoms with E-state index in [1.807, 2.05) is 0 Å². The van der Waals surface area contributed by atoms with Gasteiger partial charge in [-0.15, -0.1) is 0 Å². The Hall–Kier alpha value is -0.540. The molecular formula is C36H62O7. The number of hydrogen-bond donors (Lipinski definition) is 5. The van der Waals surface area contributed by atoms with Crippen LogP contribution in [0.2, 0.25) is 0 Å². The molecule has 43 heavy (non-hydrogen) atoms. The molecule has 0 aromatic rings. The summed E-state index contributed by atoms with van der Waals surface area (Å²) in [6, 6.07) is 0. The highest BCUT2D eigenvalue weighted by Gasteiger charge is 2.70. The summed E-state index contributed by atoms with van der Waals surface area (Å²) >= 11 is 0. The molecule has 0 aromatic carbocycles. The van der Waals surface area contributed by atoms with Crippen LogP contribution in [0.1, 0.15) is 120 Å². The van der Waals surface area contributed by atoms with Gasteiger partial charge in [-0.2, -0.15) is 0 Å². The van der Waals surface area contributed by atoms with E-state index in [-0.39, 0.29) is 34.4 Å². The smallest absolute Gasteiger partial charge is 0.160 e. The molecule has 0 spiro atoms. The van der Waals surface area contributed by atoms with E-state index in [9.17, 15) is 25.5 Å². The second kappa shape index (κ2) is 11.6. The third-order valence-electron chi connectivity index (χ3n) is 14.2. The maximum absolute atomic E-state index is 12.2. The Balaban J connectivity index is 1.36. The van der Waals surface area contributed by atoms with Gasteiger partial charge in [0.15, 0.2) is 6.29 Å². The van der Waals surface area contributed by atoms with Crippen molar-refractivity contribution >= 4 is 0 Å². The molecule has 0 radical (unpaired) electrons. The molecule has 5 aliphatic rings. The zero-order chi connectivity index (χ0) is 31.8. The molecule has 1 aliphatic heterocycles. The number of ether oxygens (including phenoxy) is 2. The van der Waals surface area contributed by atoms with Crippen LogP contribution < -0.4 is 0 Å². The summed E-state index contributed by atoms with van der Waals surface area (Å²) in [6.07, 6.45) is 8.15. The van der Waals surface area contributed by atoms with Gasteiger partial charge in [0, 0.05) is 23.7 Å². The Morgan fingerprint density at radius 3 is 2.37 bits per heavy atom. The third kappa shape index (κ3) is 5.49. The van der Waals surface area contributed by atoms with Crippen molar-refractivity contribution in [1.29, 1.82) is 0 Å². The topological polar surface area (TPSA) is 120 Å². The fraction of sp³-hybridized carbons (Fsp3) is 0.944. The van der Waals surface area contributed by atoms with Gasteiger partial charge in [0.25, 0.3) is 0 Å². The molecule has 5 rings (SSSR count). The average molecular weight is 607 g/mol. The molecule has 13 atom stereocenters. The molecule has 1 saturated heterocycles. The molecule has 0 aromatic heterocycles. The van der Waals surface area contributed by atoms with Crippen LogP contribution in [0.25, 0.3) is 0 Å². The van der Waals surface area contributed by atoms with Crippen LogP contribution in [0.4, 0.5) is 0 Å². The molecule has 7 nitrogen and oxygen atoms in total. The van der Waals surface area contributed by atoms with Gasteiger partial charge in [0.1, 0.15) is 0 Å². The fourth-order valence-electron chi connectivity index (χ4n) is 11.2. The van der Waals surface area contributed by atoms with E-state index in [0.29, 0.717) is 42.9 Å². The minimum atomic E-state index is -1.09. The lowest BCUT2D eigenvalue weighted by molar-refractivity contribution is -0.258. The van der Waals surface area contributed by atoms with E-state index in [4.69, 9.17) is 9.47 Å². The number of hydrogen-bond acceptors (Lipinski definition) is 7. The second-order valence-corrected chi connectivity index (χ2v) is 17.2. The van der Waals surface area contributed by atoms with Gasteiger partial charge in [-0.1, -0.05) is 53.2 Å². The van der Waals surface area contributed by atoms with Crippen LogP contribution >= 0.6 is 0 Å². The molecule has 3 saturated carbocycles. The van der Waals surface area contributed by atoms with Crippen LogP contribution in [0.15, 0.2) is 11.6 Å². The highest BCUT2D eigenvalue weighted by molar-refractivity contribution is 5.31. The normalized spacial score (nSPS) is 47.6. The zero-order valence-electron chi connectivity index (χ0n) is 28.2. The van der Waals surface area contributed by atoms with Gasteiger partial charge in [0.05, 0.1) is 42.7 Å². The molecule has 4 fully saturated rings. The van der Waals surface area contributed by atoms with E-state index in [0.717, 1.165) is 44.9 Å². The number of aliphatic hydroxyl groups excluding tert-OH is 4. The van der Waals surface area contributed by atoms with E-state index in [1.54, 1.807) is 13.8 Å². The third-order valence-corrected chi connectivity index (χ3v) is 14.2. The van der Waals surface area contributed by atoms with Crippen molar-refractivity contribution in [1.82, 2.24) is 0 Å². The van der Waals surface area contributed by atoms with Crippen molar-refractivity contribution in [3.8, 4) is 0 Å². The van der Waals surface area contributed by atoms with Crippen LogP contribution in [0.3, 0.4) is 0 Å². The van der Waals surface area contributed by atoms with Crippen LogP contribution in [-0.4, -0.2) is 74.6 Å². The molecule has 4 unspecified atom stereocenters. The minimum absolute atomic E-state index is 0.0132. The van der Waals surface area contributed by atoms with Crippen molar-refractivity contribution in [3.05, 3.63) is 11.6 Å². The van der Waals surface area contributed by atoms with Gasteiger partial charge >= 0.3 is 0 Å². The summed E-state index contributed by atoms with van der Waals surface area (Å²) in [5.41, 5.74) is 0.00106. The summed E-state index contributed by atoms with van der Waals surface area (Å²) in [5.74, 6) is 1.56.